The molecule has 0 saturated carbocycles. The van der Waals surface area contributed by atoms with Crippen LogP contribution in [0.2, 0.25) is 0 Å². The third kappa shape index (κ3) is 5.57. The molecule has 38 heavy (non-hydrogen) atoms. The van der Waals surface area contributed by atoms with Gasteiger partial charge in [-0.2, -0.15) is 0 Å². The van der Waals surface area contributed by atoms with Crippen molar-refractivity contribution in [1.82, 2.24) is 0 Å². The fourth-order valence-electron chi connectivity index (χ4n) is 4.30. The zero-order valence-electron chi connectivity index (χ0n) is 20.6. The number of hydrogen-bond donors (Lipinski definition) is 0. The summed E-state index contributed by atoms with van der Waals surface area (Å²) in [5.74, 6) is 0.586. The van der Waals surface area contributed by atoms with Crippen LogP contribution >= 0.6 is 0 Å². The Morgan fingerprint density at radius 1 is 0.658 bits per heavy atom. The molecule has 3 aromatic rings. The van der Waals surface area contributed by atoms with Gasteiger partial charge in [0.25, 0.3) is 5.69 Å². The molecule has 5 rings (SSSR count). The molecule has 0 fully saturated rings. The molecule has 1 aliphatic heterocycles. The predicted molar refractivity (Wildman–Crippen MR) is 138 cm³/mol. The van der Waals surface area contributed by atoms with Crippen LogP contribution in [0, 0.1) is 10.1 Å². The molecule has 1 aliphatic carbocycles. The fourth-order valence-corrected chi connectivity index (χ4v) is 4.30. The highest BCUT2D eigenvalue weighted by molar-refractivity contribution is 6.32. The van der Waals surface area contributed by atoms with Gasteiger partial charge in [0.15, 0.2) is 0 Å². The molecule has 2 aliphatic rings. The summed E-state index contributed by atoms with van der Waals surface area (Å²) in [5.41, 5.74) is 2.96. The monoisotopic (exact) mass is 518 g/mol. The maximum atomic E-state index is 13.9. The van der Waals surface area contributed by atoms with E-state index in [1.165, 1.54) is 12.1 Å². The maximum absolute atomic E-state index is 13.9. The van der Waals surface area contributed by atoms with Gasteiger partial charge in [0.2, 0.25) is 5.78 Å². The number of carbonyl (C=O) groups excluding carboxylic acids is 1. The van der Waals surface area contributed by atoms with Crippen molar-refractivity contribution in [1.29, 1.82) is 0 Å². The van der Waals surface area contributed by atoms with Gasteiger partial charge >= 0.3 is 0 Å². The number of non-ortho nitro benzene ring substituents is 1. The Bertz CT molecular complexity index is 1280. The van der Waals surface area contributed by atoms with Gasteiger partial charge in [-0.15, -0.1) is 0 Å². The Labute approximate surface area is 218 Å². The second kappa shape index (κ2) is 12.0. The highest BCUT2D eigenvalue weighted by Gasteiger charge is 2.33. The SMILES string of the molecule is O=C1c2c3cccc2C(=Nc2ccc([N+](=O)[O-])cc2)c2cccc(c21)OCCOCCOCCOCCO3. The number of nitrogens with zero attached hydrogens (tertiary/aromatic N) is 2. The van der Waals surface area contributed by atoms with Crippen molar-refractivity contribution in [2.75, 3.05) is 52.9 Å². The first-order chi connectivity index (χ1) is 18.6. The Morgan fingerprint density at radius 2 is 1.13 bits per heavy atom. The summed E-state index contributed by atoms with van der Waals surface area (Å²) in [4.78, 5) is 29.4. The van der Waals surface area contributed by atoms with Crippen LogP contribution in [-0.2, 0) is 14.2 Å². The van der Waals surface area contributed by atoms with Crippen molar-refractivity contribution in [3.05, 3.63) is 93.0 Å². The van der Waals surface area contributed by atoms with Gasteiger partial charge in [-0.25, -0.2) is 4.99 Å². The van der Waals surface area contributed by atoms with E-state index in [1.54, 1.807) is 36.4 Å². The average Bonchev–Trinajstić information content (AvgIpc) is 2.93. The average molecular weight is 519 g/mol. The molecule has 3 aromatic carbocycles. The first-order valence-electron chi connectivity index (χ1n) is 12.3. The topological polar surface area (TPSA) is 119 Å². The van der Waals surface area contributed by atoms with Crippen LogP contribution in [0.5, 0.6) is 11.5 Å². The number of carbonyl (C=O) groups is 1. The molecule has 0 unspecified atom stereocenters. The highest BCUT2D eigenvalue weighted by Crippen LogP contribution is 2.38. The van der Waals surface area contributed by atoms with Crippen molar-refractivity contribution in [3.8, 4) is 11.5 Å². The number of benzene rings is 3. The molecule has 0 amide bonds. The summed E-state index contributed by atoms with van der Waals surface area (Å²) in [6.45, 7) is 2.86. The van der Waals surface area contributed by atoms with Crippen molar-refractivity contribution < 1.29 is 33.4 Å². The predicted octanol–water partition coefficient (Wildman–Crippen LogP) is 4.13. The van der Waals surface area contributed by atoms with Crippen LogP contribution in [0.4, 0.5) is 11.4 Å². The van der Waals surface area contributed by atoms with E-state index in [4.69, 9.17) is 28.7 Å². The Morgan fingerprint density at radius 3 is 1.61 bits per heavy atom. The van der Waals surface area contributed by atoms with Crippen LogP contribution < -0.4 is 9.47 Å². The van der Waals surface area contributed by atoms with Gasteiger partial charge in [0.05, 0.1) is 67.1 Å². The number of nitro benzene ring substituents is 1. The number of nitro groups is 1. The van der Waals surface area contributed by atoms with E-state index >= 15 is 0 Å². The summed E-state index contributed by atoms with van der Waals surface area (Å²) in [6.07, 6.45) is 0. The highest BCUT2D eigenvalue weighted by atomic mass is 16.6. The standard InChI is InChI=1S/C28H26N2O8/c31-28-25-21-3-1-5-23(25)37-17-15-35-13-11-34-12-14-36-16-18-38-24-6-2-4-22(26(24)28)27(21)29-19-7-9-20(10-8-19)30(32)33/h1-10H,11-18H2. The van der Waals surface area contributed by atoms with Crippen molar-refractivity contribution in [2.24, 2.45) is 4.99 Å². The van der Waals surface area contributed by atoms with Crippen LogP contribution in [0.1, 0.15) is 27.0 Å². The molecule has 0 spiro atoms. The van der Waals surface area contributed by atoms with E-state index in [9.17, 15) is 14.9 Å². The maximum Gasteiger partial charge on any atom is 0.269 e. The lowest BCUT2D eigenvalue weighted by Crippen LogP contribution is -2.24. The molecule has 10 heteroatoms. The summed E-state index contributed by atoms with van der Waals surface area (Å²) >= 11 is 0. The van der Waals surface area contributed by atoms with E-state index in [0.717, 1.165) is 0 Å². The molecule has 196 valence electrons. The zero-order chi connectivity index (χ0) is 26.3. The molecule has 0 aromatic heterocycles. The molecule has 0 saturated heterocycles. The third-order valence-electron chi connectivity index (χ3n) is 6.03. The minimum absolute atomic E-state index is 0.0318. The van der Waals surface area contributed by atoms with Gasteiger partial charge < -0.3 is 23.7 Å². The second-order valence-electron chi connectivity index (χ2n) is 8.45. The van der Waals surface area contributed by atoms with E-state index in [0.29, 0.717) is 84.8 Å². The van der Waals surface area contributed by atoms with E-state index < -0.39 is 4.92 Å². The van der Waals surface area contributed by atoms with Gasteiger partial charge in [0.1, 0.15) is 24.7 Å². The van der Waals surface area contributed by atoms with Gasteiger partial charge in [-0.05, 0) is 24.3 Å². The molecular weight excluding hydrogens is 492 g/mol. The molecule has 0 atom stereocenters. The summed E-state index contributed by atoms with van der Waals surface area (Å²) in [6, 6.07) is 16.7. The zero-order valence-corrected chi connectivity index (χ0v) is 20.6. The quantitative estimate of drug-likeness (QED) is 0.287. The van der Waals surface area contributed by atoms with Crippen molar-refractivity contribution in [2.45, 2.75) is 0 Å². The summed E-state index contributed by atoms with van der Waals surface area (Å²) in [5, 5.41) is 11.1. The van der Waals surface area contributed by atoms with E-state index in [-0.39, 0.29) is 24.7 Å². The Kier molecular flexibility index (Phi) is 8.03. The molecule has 10 nitrogen and oxygen atoms in total. The van der Waals surface area contributed by atoms with Gasteiger partial charge in [-0.1, -0.05) is 24.3 Å². The van der Waals surface area contributed by atoms with E-state index in [1.807, 2.05) is 12.1 Å². The van der Waals surface area contributed by atoms with Crippen LogP contribution in [0.25, 0.3) is 0 Å². The smallest absolute Gasteiger partial charge is 0.269 e. The minimum Gasteiger partial charge on any atom is -0.490 e. The number of hydrogen-bond acceptors (Lipinski definition) is 9. The first-order valence-corrected chi connectivity index (χ1v) is 12.3. The second-order valence-corrected chi connectivity index (χ2v) is 8.45. The Balaban J connectivity index is 1.59. The van der Waals surface area contributed by atoms with Crippen LogP contribution in [-0.4, -0.2) is 69.3 Å². The van der Waals surface area contributed by atoms with Crippen LogP contribution in [0.15, 0.2) is 65.7 Å². The van der Waals surface area contributed by atoms with Crippen molar-refractivity contribution in [3.63, 3.8) is 0 Å². The molecule has 0 radical (unpaired) electrons. The normalized spacial score (nSPS) is 16.4. The number of aliphatic imine (C=N–C) groups is 1. The number of ether oxygens (including phenoxy) is 5. The van der Waals surface area contributed by atoms with Gasteiger partial charge in [-0.3, -0.25) is 14.9 Å². The number of rotatable bonds is 2. The lowest BCUT2D eigenvalue weighted by Gasteiger charge is -2.25. The lowest BCUT2D eigenvalue weighted by atomic mass is 9.82. The summed E-state index contributed by atoms with van der Waals surface area (Å²) < 4.78 is 28.6. The largest absolute Gasteiger partial charge is 0.490 e. The third-order valence-corrected chi connectivity index (χ3v) is 6.03. The molecular formula is C28H26N2O8. The molecule has 1 heterocycles. The molecule has 2 bridgehead atoms. The van der Waals surface area contributed by atoms with Crippen molar-refractivity contribution >= 4 is 22.9 Å². The first kappa shape index (κ1) is 25.5. The minimum atomic E-state index is -0.461. The number of ketones is 1. The Hall–Kier alpha value is -4.12. The van der Waals surface area contributed by atoms with Crippen LogP contribution in [0.3, 0.4) is 0 Å². The van der Waals surface area contributed by atoms with Gasteiger partial charge in [0, 0.05) is 23.3 Å². The molecule has 0 N–H and O–H groups in total. The fraction of sp³-hybridized carbons (Fsp3) is 0.286. The lowest BCUT2D eigenvalue weighted by molar-refractivity contribution is -0.384. The van der Waals surface area contributed by atoms with E-state index in [2.05, 4.69) is 0 Å². The summed E-state index contributed by atoms with van der Waals surface area (Å²) in [7, 11) is 0.